The highest BCUT2D eigenvalue weighted by molar-refractivity contribution is 7.10. The van der Waals surface area contributed by atoms with Crippen LogP contribution in [0.4, 0.5) is 0 Å². The van der Waals surface area contributed by atoms with E-state index < -0.39 is 12.0 Å². The van der Waals surface area contributed by atoms with E-state index in [4.69, 9.17) is 4.74 Å². The third-order valence-electron chi connectivity index (χ3n) is 4.93. The number of rotatable bonds is 8. The third kappa shape index (κ3) is 4.49. The maximum absolute atomic E-state index is 13.2. The minimum Gasteiger partial charge on any atom is -0.462 e. The number of hydrogen-bond acceptors (Lipinski definition) is 5. The molecule has 0 amide bonds. The van der Waals surface area contributed by atoms with E-state index in [2.05, 4.69) is 28.5 Å². The predicted molar refractivity (Wildman–Crippen MR) is 116 cm³/mol. The molecule has 0 aliphatic carbocycles. The molecule has 0 unspecified atom stereocenters. The van der Waals surface area contributed by atoms with Gasteiger partial charge in [-0.3, -0.25) is 10.1 Å². The van der Waals surface area contributed by atoms with Gasteiger partial charge in [-0.1, -0.05) is 36.4 Å². The second-order valence-corrected chi connectivity index (χ2v) is 7.94. The zero-order valence-electron chi connectivity index (χ0n) is 17.1. The summed E-state index contributed by atoms with van der Waals surface area (Å²) in [4.78, 5) is 29.7. The normalized spacial score (nSPS) is 13.1. The van der Waals surface area contributed by atoms with Crippen LogP contribution in [0.3, 0.4) is 0 Å². The maximum Gasteiger partial charge on any atom is 0.340 e. The lowest BCUT2D eigenvalue weighted by Gasteiger charge is -2.22. The summed E-state index contributed by atoms with van der Waals surface area (Å²) in [6, 6.07) is 13.6. The quantitative estimate of drug-likeness (QED) is 0.413. The molecule has 2 aromatic heterocycles. The summed E-state index contributed by atoms with van der Waals surface area (Å²) in [6.07, 6.45) is 0. The van der Waals surface area contributed by atoms with Gasteiger partial charge in [-0.15, -0.1) is 11.3 Å². The van der Waals surface area contributed by atoms with Gasteiger partial charge in [-0.25, -0.2) is 4.79 Å². The number of esters is 1. The van der Waals surface area contributed by atoms with Crippen LogP contribution < -0.4 is 5.32 Å². The maximum atomic E-state index is 13.2. The molecule has 0 spiro atoms. The Bertz CT molecular complexity index is 977. The zero-order valence-corrected chi connectivity index (χ0v) is 17.9. The van der Waals surface area contributed by atoms with E-state index in [1.165, 1.54) is 0 Å². The highest BCUT2D eigenvalue weighted by atomic mass is 32.1. The Labute approximate surface area is 175 Å². The van der Waals surface area contributed by atoms with Gasteiger partial charge in [0.15, 0.2) is 5.78 Å². The molecule has 2 atom stereocenters. The summed E-state index contributed by atoms with van der Waals surface area (Å²) in [6.45, 7) is 7.48. The first-order valence-corrected chi connectivity index (χ1v) is 10.6. The van der Waals surface area contributed by atoms with E-state index in [1.807, 2.05) is 36.6 Å². The topological polar surface area (TPSA) is 71.2 Å². The first-order chi connectivity index (χ1) is 13.9. The Morgan fingerprint density at radius 2 is 1.86 bits per heavy atom. The van der Waals surface area contributed by atoms with Crippen molar-refractivity contribution in [3.05, 3.63) is 80.8 Å². The Hall–Kier alpha value is -2.70. The van der Waals surface area contributed by atoms with Crippen molar-refractivity contribution in [3.63, 3.8) is 0 Å². The second kappa shape index (κ2) is 9.20. The number of carbonyl (C=O) groups excluding carboxylic acids is 2. The lowest BCUT2D eigenvalue weighted by Crippen LogP contribution is -2.37. The lowest BCUT2D eigenvalue weighted by atomic mass is 10.0. The molecule has 6 heteroatoms. The van der Waals surface area contributed by atoms with Crippen molar-refractivity contribution in [1.82, 2.24) is 10.3 Å². The molecule has 0 saturated carbocycles. The number of ether oxygens (including phenoxy) is 1. The molecule has 1 aromatic carbocycles. The van der Waals surface area contributed by atoms with Crippen LogP contribution in [0.15, 0.2) is 47.8 Å². The van der Waals surface area contributed by atoms with Crippen LogP contribution in [0.25, 0.3) is 0 Å². The summed E-state index contributed by atoms with van der Waals surface area (Å²) in [5, 5.41) is 5.50. The smallest absolute Gasteiger partial charge is 0.340 e. The Kier molecular flexibility index (Phi) is 6.67. The summed E-state index contributed by atoms with van der Waals surface area (Å²) in [7, 11) is 0. The number of aromatic nitrogens is 1. The van der Waals surface area contributed by atoms with Gasteiger partial charge in [0.25, 0.3) is 0 Å². The van der Waals surface area contributed by atoms with Crippen molar-refractivity contribution in [3.8, 4) is 0 Å². The molecule has 0 aliphatic heterocycles. The van der Waals surface area contributed by atoms with E-state index >= 15 is 0 Å². The Balaban J connectivity index is 1.86. The predicted octanol–water partition coefficient (Wildman–Crippen LogP) is 4.82. The SMILES string of the molecule is CCOC(=O)c1c(C)[nH]c(C(=O)[C@H](C)N[C@H](c2ccccc2)c2cccs2)c1C. The molecular weight excluding hydrogens is 384 g/mol. The van der Waals surface area contributed by atoms with Crippen LogP contribution in [0.2, 0.25) is 0 Å². The minimum atomic E-state index is -0.450. The number of ketones is 1. The van der Waals surface area contributed by atoms with Crippen LogP contribution in [0, 0.1) is 13.8 Å². The van der Waals surface area contributed by atoms with Crippen molar-refractivity contribution in [2.45, 2.75) is 39.8 Å². The van der Waals surface area contributed by atoms with Crippen molar-refractivity contribution < 1.29 is 14.3 Å². The fraction of sp³-hybridized carbons (Fsp3) is 0.304. The average molecular weight is 411 g/mol. The van der Waals surface area contributed by atoms with Crippen LogP contribution in [-0.4, -0.2) is 29.4 Å². The largest absolute Gasteiger partial charge is 0.462 e. The van der Waals surface area contributed by atoms with Crippen LogP contribution >= 0.6 is 11.3 Å². The monoisotopic (exact) mass is 410 g/mol. The van der Waals surface area contributed by atoms with Crippen molar-refractivity contribution in [1.29, 1.82) is 0 Å². The molecule has 0 bridgehead atoms. The van der Waals surface area contributed by atoms with Gasteiger partial charge >= 0.3 is 5.97 Å². The summed E-state index contributed by atoms with van der Waals surface area (Å²) >= 11 is 1.65. The number of thiophene rings is 1. The average Bonchev–Trinajstić information content (AvgIpc) is 3.34. The van der Waals surface area contributed by atoms with Gasteiger partial charge in [0.05, 0.1) is 29.9 Å². The molecule has 0 aliphatic rings. The van der Waals surface area contributed by atoms with Crippen LogP contribution in [0.5, 0.6) is 0 Å². The van der Waals surface area contributed by atoms with Gasteiger partial charge in [0.2, 0.25) is 0 Å². The number of aromatic amines is 1. The summed E-state index contributed by atoms with van der Waals surface area (Å²) in [5.41, 5.74) is 3.27. The van der Waals surface area contributed by atoms with E-state index in [1.54, 1.807) is 32.1 Å². The van der Waals surface area contributed by atoms with E-state index in [9.17, 15) is 9.59 Å². The first-order valence-electron chi connectivity index (χ1n) is 9.68. The number of Topliss-reactive ketones (excluding diaryl/α,β-unsaturated/α-hetero) is 1. The minimum absolute atomic E-state index is 0.0846. The molecule has 0 saturated heterocycles. The first kappa shape index (κ1) is 21.0. The van der Waals surface area contributed by atoms with Gasteiger partial charge in [-0.2, -0.15) is 0 Å². The van der Waals surface area contributed by atoms with Crippen LogP contribution in [-0.2, 0) is 4.74 Å². The summed E-state index contributed by atoms with van der Waals surface area (Å²) < 4.78 is 5.13. The molecule has 2 N–H and O–H groups in total. The van der Waals surface area contributed by atoms with E-state index in [-0.39, 0.29) is 11.8 Å². The van der Waals surface area contributed by atoms with Gasteiger partial charge in [0.1, 0.15) is 0 Å². The summed E-state index contributed by atoms with van der Waals surface area (Å²) in [5.74, 6) is -0.488. The molecule has 0 fully saturated rings. The molecule has 5 nitrogen and oxygen atoms in total. The molecule has 0 radical (unpaired) electrons. The highest BCUT2D eigenvalue weighted by Crippen LogP contribution is 2.27. The van der Waals surface area contributed by atoms with Gasteiger partial charge in [0, 0.05) is 10.6 Å². The van der Waals surface area contributed by atoms with Crippen molar-refractivity contribution in [2.75, 3.05) is 6.61 Å². The van der Waals surface area contributed by atoms with E-state index in [0.717, 1.165) is 10.4 Å². The lowest BCUT2D eigenvalue weighted by molar-refractivity contribution is 0.0525. The number of H-pyrrole nitrogens is 1. The molecule has 2 heterocycles. The number of carbonyl (C=O) groups is 2. The fourth-order valence-electron chi connectivity index (χ4n) is 3.49. The Morgan fingerprint density at radius 3 is 2.48 bits per heavy atom. The highest BCUT2D eigenvalue weighted by Gasteiger charge is 2.27. The molecular formula is C23H26N2O3S. The zero-order chi connectivity index (χ0) is 21.0. The molecule has 152 valence electrons. The molecule has 29 heavy (non-hydrogen) atoms. The van der Waals surface area contributed by atoms with Crippen molar-refractivity contribution in [2.24, 2.45) is 0 Å². The third-order valence-corrected chi connectivity index (χ3v) is 5.87. The van der Waals surface area contributed by atoms with Gasteiger partial charge < -0.3 is 9.72 Å². The molecule has 3 rings (SSSR count). The number of aryl methyl sites for hydroxylation is 1. The van der Waals surface area contributed by atoms with Crippen molar-refractivity contribution >= 4 is 23.1 Å². The van der Waals surface area contributed by atoms with Gasteiger partial charge in [-0.05, 0) is 50.3 Å². The number of nitrogens with one attached hydrogen (secondary N) is 2. The van der Waals surface area contributed by atoms with Crippen LogP contribution in [0.1, 0.15) is 62.4 Å². The molecule has 3 aromatic rings. The standard InChI is InChI=1S/C23H26N2O3S/c1-5-28-23(27)19-14(2)20(24-15(19)3)22(26)16(4)25-21(18-12-9-13-29-18)17-10-7-6-8-11-17/h6-13,16,21,24-25H,5H2,1-4H3/t16-,21+/m0/s1. The fourth-order valence-corrected chi connectivity index (χ4v) is 4.30. The second-order valence-electron chi connectivity index (χ2n) is 6.96. The Morgan fingerprint density at radius 1 is 1.14 bits per heavy atom. The number of benzene rings is 1. The van der Waals surface area contributed by atoms with E-state index in [0.29, 0.717) is 29.1 Å². The number of hydrogen-bond donors (Lipinski definition) is 2.